The molecule has 2 fully saturated rings. The molecule has 2 saturated heterocycles. The Morgan fingerprint density at radius 3 is 2.86 bits per heavy atom. The first-order chi connectivity index (χ1) is 10.4. The fraction of sp³-hybridized carbons (Fsp3) is 0.750. The second-order valence-corrected chi connectivity index (χ2v) is 7.09. The SMILES string of the molecule is OCCC1CN(C2CCOCC2)CCN1Cc1cccs1. The van der Waals surface area contributed by atoms with E-state index in [9.17, 15) is 5.11 Å². The van der Waals surface area contributed by atoms with Gasteiger partial charge in [0.05, 0.1) is 0 Å². The van der Waals surface area contributed by atoms with Crippen molar-refractivity contribution in [2.24, 2.45) is 0 Å². The maximum absolute atomic E-state index is 9.40. The molecule has 21 heavy (non-hydrogen) atoms. The molecule has 0 saturated carbocycles. The Bertz CT molecular complexity index is 406. The summed E-state index contributed by atoms with van der Waals surface area (Å²) in [6, 6.07) is 5.50. The van der Waals surface area contributed by atoms with Crippen LogP contribution in [0.15, 0.2) is 17.5 Å². The van der Waals surface area contributed by atoms with Crippen LogP contribution in [0.5, 0.6) is 0 Å². The van der Waals surface area contributed by atoms with Crippen LogP contribution >= 0.6 is 11.3 Å². The van der Waals surface area contributed by atoms with Gasteiger partial charge in [-0.1, -0.05) is 6.07 Å². The molecule has 1 aromatic heterocycles. The highest BCUT2D eigenvalue weighted by molar-refractivity contribution is 7.09. The summed E-state index contributed by atoms with van der Waals surface area (Å²) in [6.45, 7) is 6.49. The van der Waals surface area contributed by atoms with Crippen LogP contribution in [0.25, 0.3) is 0 Å². The molecule has 118 valence electrons. The van der Waals surface area contributed by atoms with Crippen LogP contribution < -0.4 is 0 Å². The van der Waals surface area contributed by atoms with Crippen LogP contribution in [0, 0.1) is 0 Å². The number of hydrogen-bond acceptors (Lipinski definition) is 5. The van der Waals surface area contributed by atoms with Crippen molar-refractivity contribution in [3.63, 3.8) is 0 Å². The quantitative estimate of drug-likeness (QED) is 0.899. The van der Waals surface area contributed by atoms with Crippen molar-refractivity contribution in [3.8, 4) is 0 Å². The molecule has 0 bridgehead atoms. The van der Waals surface area contributed by atoms with E-state index in [1.54, 1.807) is 0 Å². The topological polar surface area (TPSA) is 35.9 Å². The van der Waals surface area contributed by atoms with Gasteiger partial charge in [-0.15, -0.1) is 11.3 Å². The van der Waals surface area contributed by atoms with E-state index in [1.165, 1.54) is 4.88 Å². The van der Waals surface area contributed by atoms with Crippen LogP contribution in [0.2, 0.25) is 0 Å². The number of thiophene rings is 1. The lowest BCUT2D eigenvalue weighted by Gasteiger charge is -2.45. The van der Waals surface area contributed by atoms with Gasteiger partial charge in [0, 0.05) is 63.0 Å². The number of piperazine rings is 1. The third kappa shape index (κ3) is 4.05. The molecule has 0 radical (unpaired) electrons. The lowest BCUT2D eigenvalue weighted by atomic mass is 10.0. The predicted molar refractivity (Wildman–Crippen MR) is 85.6 cm³/mol. The van der Waals surface area contributed by atoms with Gasteiger partial charge in [-0.25, -0.2) is 0 Å². The van der Waals surface area contributed by atoms with Crippen molar-refractivity contribution in [2.45, 2.75) is 37.9 Å². The maximum atomic E-state index is 9.40. The second-order valence-electron chi connectivity index (χ2n) is 6.05. The number of hydrogen-bond donors (Lipinski definition) is 1. The smallest absolute Gasteiger partial charge is 0.0480 e. The Kier molecular flexibility index (Phi) is 5.66. The van der Waals surface area contributed by atoms with Crippen LogP contribution in [0.3, 0.4) is 0 Å². The number of ether oxygens (including phenoxy) is 1. The van der Waals surface area contributed by atoms with Gasteiger partial charge in [0.2, 0.25) is 0 Å². The van der Waals surface area contributed by atoms with Crippen LogP contribution in [0.4, 0.5) is 0 Å². The molecular formula is C16H26N2O2S. The van der Waals surface area contributed by atoms with Crippen molar-refractivity contribution >= 4 is 11.3 Å². The van der Waals surface area contributed by atoms with E-state index in [4.69, 9.17) is 4.74 Å². The zero-order valence-electron chi connectivity index (χ0n) is 12.6. The third-order valence-electron chi connectivity index (χ3n) is 4.74. The highest BCUT2D eigenvalue weighted by Gasteiger charge is 2.31. The van der Waals surface area contributed by atoms with E-state index in [2.05, 4.69) is 27.3 Å². The average Bonchev–Trinajstić information content (AvgIpc) is 3.03. The Morgan fingerprint density at radius 2 is 2.14 bits per heavy atom. The van der Waals surface area contributed by atoms with Gasteiger partial charge in [-0.05, 0) is 30.7 Å². The van der Waals surface area contributed by atoms with E-state index >= 15 is 0 Å². The molecule has 1 atom stereocenters. The molecule has 0 amide bonds. The van der Waals surface area contributed by atoms with E-state index in [-0.39, 0.29) is 6.61 Å². The minimum atomic E-state index is 0.285. The fourth-order valence-electron chi connectivity index (χ4n) is 3.53. The van der Waals surface area contributed by atoms with E-state index in [1.807, 2.05) is 11.3 Å². The standard InChI is InChI=1S/C16H26N2O2S/c19-8-3-15-12-17(14-4-9-20-10-5-14)6-7-18(15)13-16-2-1-11-21-16/h1-2,11,14-15,19H,3-10,12-13H2. The van der Waals surface area contributed by atoms with Gasteiger partial charge < -0.3 is 9.84 Å². The third-order valence-corrected chi connectivity index (χ3v) is 5.61. The van der Waals surface area contributed by atoms with Crippen molar-refractivity contribution < 1.29 is 9.84 Å². The first-order valence-electron chi connectivity index (χ1n) is 8.06. The number of rotatable bonds is 5. The molecule has 0 aliphatic carbocycles. The highest BCUT2D eigenvalue weighted by Crippen LogP contribution is 2.23. The zero-order valence-corrected chi connectivity index (χ0v) is 13.4. The molecule has 1 aromatic rings. The minimum absolute atomic E-state index is 0.285. The molecule has 0 aromatic carbocycles. The monoisotopic (exact) mass is 310 g/mol. The van der Waals surface area contributed by atoms with Crippen molar-refractivity contribution in [1.82, 2.24) is 9.80 Å². The molecular weight excluding hydrogens is 284 g/mol. The largest absolute Gasteiger partial charge is 0.396 e. The zero-order chi connectivity index (χ0) is 14.5. The van der Waals surface area contributed by atoms with Crippen molar-refractivity contribution in [3.05, 3.63) is 22.4 Å². The van der Waals surface area contributed by atoms with Crippen LogP contribution in [-0.2, 0) is 11.3 Å². The van der Waals surface area contributed by atoms with Gasteiger partial charge in [-0.2, -0.15) is 0 Å². The summed E-state index contributed by atoms with van der Waals surface area (Å²) in [5.74, 6) is 0. The maximum Gasteiger partial charge on any atom is 0.0480 e. The molecule has 1 N–H and O–H groups in total. The first kappa shape index (κ1) is 15.4. The molecule has 1 unspecified atom stereocenters. The summed E-state index contributed by atoms with van der Waals surface area (Å²) in [4.78, 5) is 6.61. The number of aliphatic hydroxyl groups is 1. The average molecular weight is 310 g/mol. The summed E-state index contributed by atoms with van der Waals surface area (Å²) in [5.41, 5.74) is 0. The molecule has 5 heteroatoms. The van der Waals surface area contributed by atoms with Crippen molar-refractivity contribution in [2.75, 3.05) is 39.5 Å². The van der Waals surface area contributed by atoms with Crippen LogP contribution in [0.1, 0.15) is 24.1 Å². The summed E-state index contributed by atoms with van der Waals surface area (Å²) in [6.07, 6.45) is 3.21. The number of nitrogens with zero attached hydrogens (tertiary/aromatic N) is 2. The molecule has 3 rings (SSSR count). The lowest BCUT2D eigenvalue weighted by Crippen LogP contribution is -2.56. The highest BCUT2D eigenvalue weighted by atomic mass is 32.1. The molecule has 2 aliphatic rings. The normalized spacial score (nSPS) is 26.2. The van der Waals surface area contributed by atoms with Gasteiger partial charge >= 0.3 is 0 Å². The van der Waals surface area contributed by atoms with Gasteiger partial charge in [-0.3, -0.25) is 9.80 Å². The molecule has 3 heterocycles. The predicted octanol–water partition coefficient (Wildman–Crippen LogP) is 1.80. The first-order valence-corrected chi connectivity index (χ1v) is 8.94. The summed E-state index contributed by atoms with van der Waals surface area (Å²) in [7, 11) is 0. The van der Waals surface area contributed by atoms with Crippen LogP contribution in [-0.4, -0.2) is 66.4 Å². The molecule has 4 nitrogen and oxygen atoms in total. The molecule has 2 aliphatic heterocycles. The van der Waals surface area contributed by atoms with Gasteiger partial charge in [0.1, 0.15) is 0 Å². The Labute approximate surface area is 131 Å². The van der Waals surface area contributed by atoms with Gasteiger partial charge in [0.25, 0.3) is 0 Å². The van der Waals surface area contributed by atoms with Crippen molar-refractivity contribution in [1.29, 1.82) is 0 Å². The summed E-state index contributed by atoms with van der Waals surface area (Å²) >= 11 is 1.83. The summed E-state index contributed by atoms with van der Waals surface area (Å²) < 4.78 is 5.48. The Morgan fingerprint density at radius 1 is 1.29 bits per heavy atom. The Balaban J connectivity index is 1.59. The van der Waals surface area contributed by atoms with E-state index < -0.39 is 0 Å². The Hall–Kier alpha value is -0.460. The van der Waals surface area contributed by atoms with Gasteiger partial charge in [0.15, 0.2) is 0 Å². The number of aliphatic hydroxyl groups excluding tert-OH is 1. The summed E-state index contributed by atoms with van der Waals surface area (Å²) in [5, 5.41) is 11.5. The second kappa shape index (κ2) is 7.70. The van der Waals surface area contributed by atoms with E-state index in [0.717, 1.165) is 58.7 Å². The minimum Gasteiger partial charge on any atom is -0.396 e. The lowest BCUT2D eigenvalue weighted by molar-refractivity contribution is -0.0114. The van der Waals surface area contributed by atoms with E-state index in [0.29, 0.717) is 12.1 Å². The molecule has 0 spiro atoms. The fourth-order valence-corrected chi connectivity index (χ4v) is 4.26.